The van der Waals surface area contributed by atoms with E-state index in [1.165, 1.54) is 0 Å². The first kappa shape index (κ1) is 29.2. The summed E-state index contributed by atoms with van der Waals surface area (Å²) in [5, 5.41) is 19.8. The van der Waals surface area contributed by atoms with E-state index in [0.717, 1.165) is 11.1 Å². The summed E-state index contributed by atoms with van der Waals surface area (Å²) >= 11 is 0. The molecule has 4 aromatic rings. The van der Waals surface area contributed by atoms with Crippen LogP contribution < -0.4 is 0 Å². The number of carbonyl (C=O) groups is 3. The lowest BCUT2D eigenvalue weighted by Crippen LogP contribution is -2.28. The number of nitriles is 2. The summed E-state index contributed by atoms with van der Waals surface area (Å²) in [6.07, 6.45) is 0. The van der Waals surface area contributed by atoms with Gasteiger partial charge in [0.2, 0.25) is 5.78 Å². The molecule has 0 N–H and O–H groups in total. The Balaban J connectivity index is 1.45. The first-order chi connectivity index (χ1) is 20.5. The number of nitrogens with zero attached hydrogens (tertiary/aromatic N) is 2. The number of carbonyl (C=O) groups excluding carboxylic acids is 3. The summed E-state index contributed by atoms with van der Waals surface area (Å²) in [7, 11) is 0. The summed E-state index contributed by atoms with van der Waals surface area (Å²) in [6.45, 7) is -1.41. The van der Waals surface area contributed by atoms with Gasteiger partial charge in [0.15, 0.2) is 19.1 Å². The number of Topliss-reactive ketones (excluding diaryl/α,β-unsaturated/α-hetero) is 1. The van der Waals surface area contributed by atoms with Crippen LogP contribution in [-0.4, -0.2) is 30.9 Å². The molecule has 0 bridgehead atoms. The third-order valence-corrected chi connectivity index (χ3v) is 6.47. The number of hydrogen-bond acceptors (Lipinski definition) is 7. The molecule has 0 aliphatic rings. The van der Waals surface area contributed by atoms with Gasteiger partial charge in [-0.25, -0.2) is 4.79 Å². The number of esters is 2. The van der Waals surface area contributed by atoms with Crippen molar-refractivity contribution < 1.29 is 23.9 Å². The van der Waals surface area contributed by atoms with E-state index in [0.29, 0.717) is 16.7 Å². The fourth-order valence-corrected chi connectivity index (χ4v) is 4.53. The molecule has 0 heterocycles. The van der Waals surface area contributed by atoms with E-state index in [1.807, 2.05) is 84.9 Å². The summed E-state index contributed by atoms with van der Waals surface area (Å²) in [6, 6.07) is 40.0. The number of ether oxygens (including phenoxy) is 2. The minimum absolute atomic E-state index is 0.268. The van der Waals surface area contributed by atoms with Crippen LogP contribution in [0.3, 0.4) is 0 Å². The van der Waals surface area contributed by atoms with E-state index in [-0.39, 0.29) is 5.57 Å². The van der Waals surface area contributed by atoms with Gasteiger partial charge < -0.3 is 9.47 Å². The van der Waals surface area contributed by atoms with Crippen molar-refractivity contribution in [2.75, 3.05) is 13.2 Å². The molecule has 42 heavy (non-hydrogen) atoms. The Kier molecular flexibility index (Phi) is 10.1. The zero-order valence-corrected chi connectivity index (χ0v) is 22.6. The molecule has 206 valence electrons. The molecule has 0 amide bonds. The predicted octanol–water partition coefficient (Wildman–Crippen LogP) is 5.64. The normalized spacial score (nSPS) is 10.9. The van der Waals surface area contributed by atoms with Crippen LogP contribution in [0.25, 0.3) is 5.57 Å². The number of rotatable bonds is 11. The van der Waals surface area contributed by atoms with Crippen molar-refractivity contribution >= 4 is 23.3 Å². The van der Waals surface area contributed by atoms with Gasteiger partial charge in [-0.1, -0.05) is 121 Å². The Morgan fingerprint density at radius 1 is 0.619 bits per heavy atom. The van der Waals surface area contributed by atoms with Crippen molar-refractivity contribution in [3.05, 3.63) is 149 Å². The van der Waals surface area contributed by atoms with Crippen LogP contribution in [0.1, 0.15) is 28.2 Å². The zero-order chi connectivity index (χ0) is 29.7. The third-order valence-electron chi connectivity index (χ3n) is 6.47. The maximum atomic E-state index is 13.0. The molecular weight excluding hydrogens is 528 g/mol. The molecule has 4 aromatic carbocycles. The first-order valence-corrected chi connectivity index (χ1v) is 13.1. The summed E-state index contributed by atoms with van der Waals surface area (Å²) in [5.74, 6) is -4.40. The Morgan fingerprint density at radius 3 is 1.48 bits per heavy atom. The second-order valence-corrected chi connectivity index (χ2v) is 9.22. The maximum absolute atomic E-state index is 13.0. The van der Waals surface area contributed by atoms with Crippen molar-refractivity contribution in [1.29, 1.82) is 10.5 Å². The number of benzene rings is 4. The lowest BCUT2D eigenvalue weighted by Gasteiger charge is -2.22. The lowest BCUT2D eigenvalue weighted by atomic mass is 9.81. The topological polar surface area (TPSA) is 117 Å². The van der Waals surface area contributed by atoms with Crippen LogP contribution in [0.5, 0.6) is 0 Å². The van der Waals surface area contributed by atoms with Crippen LogP contribution in [0, 0.1) is 28.6 Å². The van der Waals surface area contributed by atoms with Crippen molar-refractivity contribution in [3.63, 3.8) is 0 Å². The van der Waals surface area contributed by atoms with Gasteiger partial charge in [0.05, 0.1) is 6.07 Å². The van der Waals surface area contributed by atoms with Gasteiger partial charge in [-0.3, -0.25) is 9.59 Å². The fraction of sp³-hybridized carbons (Fsp3) is 0.114. The fourth-order valence-electron chi connectivity index (χ4n) is 4.53. The van der Waals surface area contributed by atoms with E-state index < -0.39 is 42.8 Å². The summed E-state index contributed by atoms with van der Waals surface area (Å²) in [4.78, 5) is 38.5. The van der Waals surface area contributed by atoms with E-state index in [4.69, 9.17) is 9.47 Å². The van der Waals surface area contributed by atoms with Gasteiger partial charge in [-0.2, -0.15) is 10.5 Å². The minimum Gasteiger partial charge on any atom is -0.457 e. The van der Waals surface area contributed by atoms with Crippen LogP contribution in [0.2, 0.25) is 0 Å². The highest BCUT2D eigenvalue weighted by atomic mass is 16.6. The third kappa shape index (κ3) is 7.24. The molecule has 1 unspecified atom stereocenters. The molecule has 7 nitrogen and oxygen atoms in total. The summed E-state index contributed by atoms with van der Waals surface area (Å²) < 4.78 is 10.4. The van der Waals surface area contributed by atoms with Crippen molar-refractivity contribution in [3.8, 4) is 12.1 Å². The molecule has 0 spiro atoms. The van der Waals surface area contributed by atoms with Crippen LogP contribution in [0.15, 0.2) is 127 Å². The minimum atomic E-state index is -1.22. The maximum Gasteiger partial charge on any atom is 0.349 e. The predicted molar refractivity (Wildman–Crippen MR) is 155 cm³/mol. The van der Waals surface area contributed by atoms with Gasteiger partial charge in [0.25, 0.3) is 0 Å². The molecule has 7 heteroatoms. The quantitative estimate of drug-likeness (QED) is 0.134. The largest absolute Gasteiger partial charge is 0.457 e. The second-order valence-electron chi connectivity index (χ2n) is 9.22. The highest BCUT2D eigenvalue weighted by molar-refractivity contribution is 6.06. The molecule has 0 saturated heterocycles. The average Bonchev–Trinajstić information content (AvgIpc) is 3.05. The van der Waals surface area contributed by atoms with Crippen molar-refractivity contribution in [2.24, 2.45) is 5.92 Å². The summed E-state index contributed by atoms with van der Waals surface area (Å²) in [5.41, 5.74) is 2.85. The molecule has 0 aliphatic heterocycles. The van der Waals surface area contributed by atoms with Crippen molar-refractivity contribution in [1.82, 2.24) is 0 Å². The molecule has 1 atom stereocenters. The van der Waals surface area contributed by atoms with Gasteiger partial charge in [0.1, 0.15) is 11.6 Å². The van der Waals surface area contributed by atoms with E-state index >= 15 is 0 Å². The van der Waals surface area contributed by atoms with E-state index in [9.17, 15) is 24.9 Å². The molecule has 0 aromatic heterocycles. The highest BCUT2D eigenvalue weighted by Crippen LogP contribution is 2.33. The van der Waals surface area contributed by atoms with Crippen LogP contribution >= 0.6 is 0 Å². The van der Waals surface area contributed by atoms with Gasteiger partial charge in [-0.15, -0.1) is 0 Å². The lowest BCUT2D eigenvalue weighted by molar-refractivity contribution is -0.153. The smallest absolute Gasteiger partial charge is 0.349 e. The Hall–Kier alpha value is -5.79. The molecule has 0 saturated carbocycles. The average molecular weight is 555 g/mol. The highest BCUT2D eigenvalue weighted by Gasteiger charge is 2.33. The second kappa shape index (κ2) is 14.6. The molecule has 0 fully saturated rings. The zero-order valence-electron chi connectivity index (χ0n) is 22.6. The Labute approximate surface area is 243 Å². The number of hydrogen-bond donors (Lipinski definition) is 0. The SMILES string of the molecule is N#CC(C(=O)OCC(=O)COC(=O)C(C#N)C(c1ccccc1)c1ccccc1)=C(c1ccccc1)c1ccccc1. The standard InChI is InChI=1S/C35H26N2O5/c36-21-30(32(25-13-5-1-6-14-25)26-15-7-2-8-16-26)34(39)41-23-29(38)24-42-35(40)31(22-37)33(27-17-9-3-10-18-27)28-19-11-4-12-20-28/h1-20,30,32H,23-24H2. The molecular formula is C35H26N2O5. The molecule has 4 rings (SSSR count). The van der Waals surface area contributed by atoms with Gasteiger partial charge >= 0.3 is 11.9 Å². The van der Waals surface area contributed by atoms with Crippen molar-refractivity contribution in [2.45, 2.75) is 5.92 Å². The van der Waals surface area contributed by atoms with E-state index in [2.05, 4.69) is 0 Å². The monoisotopic (exact) mass is 554 g/mol. The van der Waals surface area contributed by atoms with Gasteiger partial charge in [0, 0.05) is 11.5 Å². The Bertz CT molecular complexity index is 1560. The molecule has 0 radical (unpaired) electrons. The van der Waals surface area contributed by atoms with Crippen LogP contribution in [0.4, 0.5) is 0 Å². The Morgan fingerprint density at radius 2 is 1.05 bits per heavy atom. The van der Waals surface area contributed by atoms with Crippen LogP contribution in [-0.2, 0) is 23.9 Å². The molecule has 0 aliphatic carbocycles. The van der Waals surface area contributed by atoms with Gasteiger partial charge in [-0.05, 0) is 22.3 Å². The number of ketones is 1. The first-order valence-electron chi connectivity index (χ1n) is 13.1. The van der Waals surface area contributed by atoms with E-state index in [1.54, 1.807) is 48.5 Å².